The smallest absolute Gasteiger partial charge is 0.314 e. The Morgan fingerprint density at radius 3 is 2.70 bits per heavy atom. The van der Waals surface area contributed by atoms with Crippen LogP contribution in [0.5, 0.6) is 0 Å². The highest BCUT2D eigenvalue weighted by Crippen LogP contribution is 2.15. The van der Waals surface area contributed by atoms with Crippen molar-refractivity contribution in [2.24, 2.45) is 0 Å². The molecule has 0 aliphatic heterocycles. The summed E-state index contributed by atoms with van der Waals surface area (Å²) in [6.45, 7) is 3.93. The van der Waals surface area contributed by atoms with Crippen LogP contribution in [0.15, 0.2) is 24.3 Å². The molecule has 0 saturated carbocycles. The number of nitrogens with one attached hydrogen (secondary N) is 2. The summed E-state index contributed by atoms with van der Waals surface area (Å²) in [7, 11) is 0. The summed E-state index contributed by atoms with van der Waals surface area (Å²) in [5.74, 6) is 0. The lowest BCUT2D eigenvalue weighted by atomic mass is 10.1. The fourth-order valence-corrected chi connectivity index (χ4v) is 1.70. The number of hydrogen-bond acceptors (Lipinski definition) is 3. The molecule has 0 aliphatic carbocycles. The first kappa shape index (κ1) is 16.8. The van der Waals surface area contributed by atoms with Gasteiger partial charge in [-0.15, -0.1) is 0 Å². The lowest BCUT2D eigenvalue weighted by molar-refractivity contribution is 0.144. The van der Waals surface area contributed by atoms with Crippen LogP contribution in [0.3, 0.4) is 0 Å². The zero-order valence-electron chi connectivity index (χ0n) is 11.6. The van der Waals surface area contributed by atoms with E-state index in [-0.39, 0.29) is 12.6 Å². The molecule has 112 valence electrons. The van der Waals surface area contributed by atoms with E-state index in [4.69, 9.17) is 16.3 Å². The van der Waals surface area contributed by atoms with Crippen molar-refractivity contribution in [1.29, 1.82) is 0 Å². The standard InChI is InChI=1S/C14H21ClN2O3/c1-2-20-9-3-8-16-14(19)17-10-13(18)11-4-6-12(15)7-5-11/h4-7,13,18H,2-3,8-10H2,1H3,(H2,16,17,19). The lowest BCUT2D eigenvalue weighted by Crippen LogP contribution is -2.38. The molecule has 1 aromatic carbocycles. The Labute approximate surface area is 124 Å². The van der Waals surface area contributed by atoms with Gasteiger partial charge < -0.3 is 20.5 Å². The van der Waals surface area contributed by atoms with Gasteiger partial charge in [-0.2, -0.15) is 0 Å². The molecule has 5 nitrogen and oxygen atoms in total. The molecule has 0 saturated heterocycles. The highest BCUT2D eigenvalue weighted by molar-refractivity contribution is 6.30. The second kappa shape index (κ2) is 9.58. The summed E-state index contributed by atoms with van der Waals surface area (Å²) in [5, 5.41) is 15.8. The van der Waals surface area contributed by atoms with Gasteiger partial charge >= 0.3 is 6.03 Å². The largest absolute Gasteiger partial charge is 0.387 e. The molecule has 0 bridgehead atoms. The van der Waals surface area contributed by atoms with Crippen LogP contribution in [0.1, 0.15) is 25.0 Å². The molecule has 0 fully saturated rings. The molecule has 2 amide bonds. The van der Waals surface area contributed by atoms with E-state index in [2.05, 4.69) is 10.6 Å². The van der Waals surface area contributed by atoms with Crippen LogP contribution < -0.4 is 10.6 Å². The first-order valence-electron chi connectivity index (χ1n) is 6.66. The highest BCUT2D eigenvalue weighted by atomic mass is 35.5. The summed E-state index contributed by atoms with van der Waals surface area (Å²) >= 11 is 5.77. The summed E-state index contributed by atoms with van der Waals surface area (Å²) in [5.41, 5.74) is 0.714. The minimum absolute atomic E-state index is 0.152. The predicted octanol–water partition coefficient (Wildman–Crippen LogP) is 2.10. The Hall–Kier alpha value is -1.30. The third-order valence-electron chi connectivity index (χ3n) is 2.67. The van der Waals surface area contributed by atoms with Gasteiger partial charge in [-0.1, -0.05) is 23.7 Å². The number of urea groups is 1. The quantitative estimate of drug-likeness (QED) is 0.644. The number of aliphatic hydroxyl groups excluding tert-OH is 1. The van der Waals surface area contributed by atoms with Crippen LogP contribution in [0.4, 0.5) is 4.79 Å². The van der Waals surface area contributed by atoms with E-state index in [9.17, 15) is 9.90 Å². The first-order valence-corrected chi connectivity index (χ1v) is 7.04. The van der Waals surface area contributed by atoms with Crippen LogP contribution in [0.25, 0.3) is 0 Å². The molecule has 0 radical (unpaired) electrons. The number of amides is 2. The minimum atomic E-state index is -0.749. The maximum atomic E-state index is 11.5. The number of carbonyl (C=O) groups excluding carboxylic acids is 1. The van der Waals surface area contributed by atoms with Gasteiger partial charge in [0.2, 0.25) is 0 Å². The maximum Gasteiger partial charge on any atom is 0.314 e. The summed E-state index contributed by atoms with van der Waals surface area (Å²) in [4.78, 5) is 11.5. The Morgan fingerprint density at radius 2 is 2.05 bits per heavy atom. The zero-order valence-corrected chi connectivity index (χ0v) is 12.3. The monoisotopic (exact) mass is 300 g/mol. The minimum Gasteiger partial charge on any atom is -0.387 e. The third-order valence-corrected chi connectivity index (χ3v) is 2.92. The highest BCUT2D eigenvalue weighted by Gasteiger charge is 2.08. The van der Waals surface area contributed by atoms with Gasteiger partial charge in [0.15, 0.2) is 0 Å². The Kier molecular flexibility index (Phi) is 8.02. The van der Waals surface area contributed by atoms with Crippen molar-refractivity contribution >= 4 is 17.6 Å². The van der Waals surface area contributed by atoms with E-state index < -0.39 is 6.10 Å². The molecular formula is C14H21ClN2O3. The summed E-state index contributed by atoms with van der Waals surface area (Å²) in [6.07, 6.45) is 0.0162. The Balaban J connectivity index is 2.18. The van der Waals surface area contributed by atoms with Crippen LogP contribution in [-0.2, 0) is 4.74 Å². The average molecular weight is 301 g/mol. The number of carbonyl (C=O) groups is 1. The summed E-state index contributed by atoms with van der Waals surface area (Å²) < 4.78 is 5.16. The van der Waals surface area contributed by atoms with Crippen molar-refractivity contribution in [2.45, 2.75) is 19.4 Å². The van der Waals surface area contributed by atoms with Crippen molar-refractivity contribution in [1.82, 2.24) is 10.6 Å². The van der Waals surface area contributed by atoms with Crippen molar-refractivity contribution in [3.63, 3.8) is 0 Å². The van der Waals surface area contributed by atoms with E-state index in [1.54, 1.807) is 24.3 Å². The van der Waals surface area contributed by atoms with E-state index in [1.165, 1.54) is 0 Å². The molecule has 1 unspecified atom stereocenters. The SMILES string of the molecule is CCOCCCNC(=O)NCC(O)c1ccc(Cl)cc1. The molecule has 20 heavy (non-hydrogen) atoms. The number of rotatable bonds is 8. The second-order valence-corrected chi connectivity index (χ2v) is 4.69. The second-order valence-electron chi connectivity index (χ2n) is 4.25. The van der Waals surface area contributed by atoms with Crippen LogP contribution in [-0.4, -0.2) is 37.4 Å². The molecule has 3 N–H and O–H groups in total. The fraction of sp³-hybridized carbons (Fsp3) is 0.500. The number of aliphatic hydroxyl groups is 1. The molecular weight excluding hydrogens is 280 g/mol. The average Bonchev–Trinajstić information content (AvgIpc) is 2.45. The molecule has 0 aromatic heterocycles. The normalized spacial score (nSPS) is 11.9. The van der Waals surface area contributed by atoms with E-state index in [0.717, 1.165) is 6.42 Å². The van der Waals surface area contributed by atoms with Crippen molar-refractivity contribution in [3.8, 4) is 0 Å². The van der Waals surface area contributed by atoms with Gasteiger partial charge in [-0.3, -0.25) is 0 Å². The Bertz CT molecular complexity index is 398. The van der Waals surface area contributed by atoms with Gasteiger partial charge in [0.25, 0.3) is 0 Å². The number of halogens is 1. The number of hydrogen-bond donors (Lipinski definition) is 3. The number of benzene rings is 1. The van der Waals surface area contributed by atoms with Crippen molar-refractivity contribution in [3.05, 3.63) is 34.9 Å². The molecule has 0 spiro atoms. The predicted molar refractivity (Wildman–Crippen MR) is 78.9 cm³/mol. The molecule has 1 aromatic rings. The van der Waals surface area contributed by atoms with E-state index in [0.29, 0.717) is 30.3 Å². The molecule has 6 heteroatoms. The molecule has 0 heterocycles. The molecule has 0 aliphatic rings. The van der Waals surface area contributed by atoms with E-state index >= 15 is 0 Å². The topological polar surface area (TPSA) is 70.6 Å². The number of ether oxygens (including phenoxy) is 1. The van der Waals surface area contributed by atoms with Gasteiger partial charge in [0.1, 0.15) is 0 Å². The fourth-order valence-electron chi connectivity index (χ4n) is 1.58. The van der Waals surface area contributed by atoms with Crippen LogP contribution >= 0.6 is 11.6 Å². The van der Waals surface area contributed by atoms with Gasteiger partial charge in [0, 0.05) is 31.3 Å². The summed E-state index contributed by atoms with van der Waals surface area (Å²) in [6, 6.07) is 6.57. The van der Waals surface area contributed by atoms with Gasteiger partial charge in [0.05, 0.1) is 6.10 Å². The van der Waals surface area contributed by atoms with Crippen LogP contribution in [0.2, 0.25) is 5.02 Å². The first-order chi connectivity index (χ1) is 9.63. The van der Waals surface area contributed by atoms with Crippen molar-refractivity contribution < 1.29 is 14.6 Å². The van der Waals surface area contributed by atoms with Gasteiger partial charge in [-0.05, 0) is 31.0 Å². The molecule has 1 atom stereocenters. The maximum absolute atomic E-state index is 11.5. The Morgan fingerprint density at radius 1 is 1.35 bits per heavy atom. The van der Waals surface area contributed by atoms with Crippen molar-refractivity contribution in [2.75, 3.05) is 26.3 Å². The molecule has 1 rings (SSSR count). The third kappa shape index (κ3) is 6.75. The van der Waals surface area contributed by atoms with E-state index in [1.807, 2.05) is 6.92 Å². The zero-order chi connectivity index (χ0) is 14.8. The van der Waals surface area contributed by atoms with Crippen LogP contribution in [0, 0.1) is 0 Å². The lowest BCUT2D eigenvalue weighted by Gasteiger charge is -2.13. The van der Waals surface area contributed by atoms with Gasteiger partial charge in [-0.25, -0.2) is 4.79 Å².